The first-order valence-corrected chi connectivity index (χ1v) is 23.6. The molecule has 0 N–H and O–H groups in total. The number of fused-ring (bicyclic) bond motifs is 5. The first-order valence-electron chi connectivity index (χ1n) is 20.2. The maximum Gasteiger partial charge on any atom is 0.338 e. The van der Waals surface area contributed by atoms with Crippen LogP contribution in [0.3, 0.4) is 0 Å². The second-order valence-corrected chi connectivity index (χ2v) is 23.4. The number of ether oxygens (including phenoxy) is 2. The largest absolute Gasteiger partial charge is 0.494 e. The molecule has 3 fully saturated rings. The second-order valence-electron chi connectivity index (χ2n) is 18.3. The van der Waals surface area contributed by atoms with E-state index in [1.165, 1.54) is 56.6 Å². The van der Waals surface area contributed by atoms with Gasteiger partial charge in [0.25, 0.3) is 0 Å². The van der Waals surface area contributed by atoms with E-state index in [1.54, 1.807) is 5.57 Å². The first kappa shape index (κ1) is 37.7. The zero-order valence-corrected chi connectivity index (χ0v) is 34.2. The number of hydrogen-bond acceptors (Lipinski definition) is 3. The highest BCUT2D eigenvalue weighted by molar-refractivity contribution is 6.90. The highest BCUT2D eigenvalue weighted by Gasteiger charge is 2.59. The monoisotopic (exact) mass is 716 g/mol. The van der Waals surface area contributed by atoms with Gasteiger partial charge in [0, 0.05) is 11.4 Å². The molecule has 274 valence electrons. The van der Waals surface area contributed by atoms with Gasteiger partial charge in [0.15, 0.2) is 0 Å². The lowest BCUT2D eigenvalue weighted by atomic mass is 9.47. The Morgan fingerprint density at radius 3 is 2.32 bits per heavy atom. The van der Waals surface area contributed by atoms with Crippen LogP contribution in [0, 0.1) is 46.3 Å². The third-order valence-electron chi connectivity index (χ3n) is 14.7. The van der Waals surface area contributed by atoms with Crippen LogP contribution in [-0.4, -0.2) is 25.9 Å². The Bertz CT molecular complexity index is 1500. The fraction of sp³-hybridized carbons (Fsp3) is 0.667. The number of allylic oxidation sites excluding steroid dienone is 1. The molecule has 2 aromatic carbocycles. The summed E-state index contributed by atoms with van der Waals surface area (Å²) in [5.74, 6) is 5.70. The number of benzene rings is 2. The Morgan fingerprint density at radius 2 is 1.64 bits per heavy atom. The molecular formula is C45H65ClO3Si. The van der Waals surface area contributed by atoms with Gasteiger partial charge in [0.2, 0.25) is 0 Å². The summed E-state index contributed by atoms with van der Waals surface area (Å²) < 4.78 is 12.7. The lowest BCUT2D eigenvalue weighted by Crippen LogP contribution is -2.55. The lowest BCUT2D eigenvalue weighted by molar-refractivity contribution is -0.0594. The zero-order valence-electron chi connectivity index (χ0n) is 32.4. The quantitative estimate of drug-likeness (QED) is 0.125. The van der Waals surface area contributed by atoms with Crippen LogP contribution >= 0.6 is 11.6 Å². The minimum Gasteiger partial charge on any atom is -0.494 e. The number of esters is 1. The van der Waals surface area contributed by atoms with E-state index in [0.717, 1.165) is 66.9 Å². The van der Waals surface area contributed by atoms with E-state index in [4.69, 9.17) is 21.1 Å². The maximum absolute atomic E-state index is 13.5. The molecule has 4 aliphatic carbocycles. The Labute approximate surface area is 310 Å². The second kappa shape index (κ2) is 15.1. The predicted molar refractivity (Wildman–Crippen MR) is 212 cm³/mol. The molecule has 0 aliphatic heterocycles. The topological polar surface area (TPSA) is 35.5 Å². The fourth-order valence-corrected chi connectivity index (χ4v) is 14.6. The Hall–Kier alpha value is -2.04. The van der Waals surface area contributed by atoms with E-state index in [2.05, 4.69) is 72.8 Å². The fourth-order valence-electron chi connectivity index (χ4n) is 11.6. The van der Waals surface area contributed by atoms with Crippen LogP contribution in [0.5, 0.6) is 5.75 Å². The van der Waals surface area contributed by atoms with Crippen molar-refractivity contribution in [2.45, 2.75) is 144 Å². The highest BCUT2D eigenvalue weighted by Crippen LogP contribution is 2.67. The average molecular weight is 718 g/mol. The van der Waals surface area contributed by atoms with Crippen molar-refractivity contribution < 1.29 is 14.3 Å². The molecule has 0 bridgehead atoms. The van der Waals surface area contributed by atoms with Crippen molar-refractivity contribution >= 4 is 30.8 Å². The molecule has 0 radical (unpaired) electrons. The summed E-state index contributed by atoms with van der Waals surface area (Å²) in [6.07, 6.45) is 17.6. The molecule has 5 heteroatoms. The SMILES string of the molecule is CCC(Oc1ccc(Cl)cc1)[Si](C)(C)c1ccc(C(=O)OC2CC[C@@]3(C)C(=CCC4C3CC[C@@]3(C)C4CC[C@@H]3[C@H](C)CCCC(C)C)C2)cc1. The van der Waals surface area contributed by atoms with Crippen molar-refractivity contribution in [3.8, 4) is 5.75 Å². The molecule has 6 rings (SSSR count). The van der Waals surface area contributed by atoms with Gasteiger partial charge in [-0.25, -0.2) is 4.79 Å². The number of rotatable bonds is 12. The van der Waals surface area contributed by atoms with E-state index in [0.29, 0.717) is 16.0 Å². The summed E-state index contributed by atoms with van der Waals surface area (Å²) in [7, 11) is -1.99. The third-order valence-corrected chi connectivity index (χ3v) is 18.9. The van der Waals surface area contributed by atoms with Crippen molar-refractivity contribution in [3.63, 3.8) is 0 Å². The van der Waals surface area contributed by atoms with E-state index >= 15 is 0 Å². The molecule has 2 aromatic rings. The molecule has 0 saturated heterocycles. The summed E-state index contributed by atoms with van der Waals surface area (Å²) in [5, 5.41) is 1.99. The van der Waals surface area contributed by atoms with Crippen LogP contribution in [-0.2, 0) is 4.74 Å². The van der Waals surface area contributed by atoms with Gasteiger partial charge in [-0.3, -0.25) is 0 Å². The molecule has 9 atom stereocenters. The van der Waals surface area contributed by atoms with Crippen LogP contribution in [0.2, 0.25) is 18.1 Å². The van der Waals surface area contributed by atoms with E-state index in [9.17, 15) is 4.79 Å². The molecule has 4 aliphatic rings. The predicted octanol–water partition coefficient (Wildman–Crippen LogP) is 12.2. The lowest BCUT2D eigenvalue weighted by Gasteiger charge is -2.58. The van der Waals surface area contributed by atoms with Gasteiger partial charge in [-0.1, -0.05) is 114 Å². The van der Waals surface area contributed by atoms with Gasteiger partial charge in [0.1, 0.15) is 19.9 Å². The van der Waals surface area contributed by atoms with Crippen LogP contribution in [0.1, 0.15) is 129 Å². The summed E-state index contributed by atoms with van der Waals surface area (Å²) in [4.78, 5) is 13.5. The van der Waals surface area contributed by atoms with Gasteiger partial charge in [-0.15, -0.1) is 0 Å². The number of carbonyl (C=O) groups excluding carboxylic acids is 1. The molecule has 50 heavy (non-hydrogen) atoms. The van der Waals surface area contributed by atoms with Gasteiger partial charge in [0.05, 0.1) is 11.3 Å². The van der Waals surface area contributed by atoms with Crippen LogP contribution < -0.4 is 9.92 Å². The van der Waals surface area contributed by atoms with Crippen LogP contribution in [0.25, 0.3) is 0 Å². The van der Waals surface area contributed by atoms with E-state index in [1.807, 2.05) is 36.4 Å². The average Bonchev–Trinajstić information content (AvgIpc) is 3.45. The Kier molecular flexibility index (Phi) is 11.4. The van der Waals surface area contributed by atoms with Gasteiger partial charge < -0.3 is 9.47 Å². The smallest absolute Gasteiger partial charge is 0.338 e. The van der Waals surface area contributed by atoms with Crippen molar-refractivity contribution in [3.05, 3.63) is 70.8 Å². The summed E-state index contributed by atoms with van der Waals surface area (Å²) >= 11 is 6.09. The number of halogens is 1. The summed E-state index contributed by atoms with van der Waals surface area (Å²) in [6.45, 7) is 19.4. The van der Waals surface area contributed by atoms with Gasteiger partial charge in [-0.05, 0) is 134 Å². The summed E-state index contributed by atoms with van der Waals surface area (Å²) in [5.41, 5.74) is 3.11. The molecule has 0 heterocycles. The van der Waals surface area contributed by atoms with Crippen LogP contribution in [0.4, 0.5) is 0 Å². The molecule has 0 aromatic heterocycles. The van der Waals surface area contributed by atoms with Crippen molar-refractivity contribution in [1.29, 1.82) is 0 Å². The Balaban J connectivity index is 1.07. The van der Waals surface area contributed by atoms with Gasteiger partial charge in [-0.2, -0.15) is 0 Å². The van der Waals surface area contributed by atoms with E-state index < -0.39 is 8.07 Å². The van der Waals surface area contributed by atoms with Crippen molar-refractivity contribution in [2.24, 2.45) is 46.3 Å². The third kappa shape index (κ3) is 7.41. The molecule has 5 unspecified atom stereocenters. The highest BCUT2D eigenvalue weighted by atomic mass is 35.5. The first-order chi connectivity index (χ1) is 23.8. The summed E-state index contributed by atoms with van der Waals surface area (Å²) in [6, 6.07) is 15.8. The van der Waals surface area contributed by atoms with E-state index in [-0.39, 0.29) is 23.2 Å². The molecule has 3 nitrogen and oxygen atoms in total. The normalized spacial score (nSPS) is 32.0. The minimum absolute atomic E-state index is 0.0301. The van der Waals surface area contributed by atoms with Crippen molar-refractivity contribution in [2.75, 3.05) is 0 Å². The molecular weight excluding hydrogens is 652 g/mol. The van der Waals surface area contributed by atoms with Gasteiger partial charge >= 0.3 is 5.97 Å². The number of carbonyl (C=O) groups is 1. The molecule has 0 amide bonds. The Morgan fingerprint density at radius 1 is 0.920 bits per heavy atom. The zero-order chi connectivity index (χ0) is 35.8. The standard InChI is InChI=1S/C45H65ClO3Si/c1-9-42(48-35-18-16-34(46)17-19-35)50(7,8)37-20-13-32(14-21-37)43(47)49-36-25-27-44(5)33(29-36)15-22-38-40-24-23-39(31(4)12-10-11-30(2)3)45(40,6)28-26-41(38)44/h13-21,30-31,36,38-42H,9-12,22-29H2,1-8H3/t31-,36?,38?,39-,40?,41?,42?,44+,45-/m1/s1. The number of hydrogen-bond donors (Lipinski definition) is 0. The van der Waals surface area contributed by atoms with Crippen LogP contribution in [0.15, 0.2) is 60.2 Å². The molecule has 3 saturated carbocycles. The van der Waals surface area contributed by atoms with Crippen molar-refractivity contribution in [1.82, 2.24) is 0 Å². The minimum atomic E-state index is -1.99. The maximum atomic E-state index is 13.5. The molecule has 0 spiro atoms.